The van der Waals surface area contributed by atoms with Crippen LogP contribution in [0.1, 0.15) is 5.01 Å². The van der Waals surface area contributed by atoms with Crippen LogP contribution in [0.25, 0.3) is 22.7 Å². The number of nitrogens with zero attached hydrogens (tertiary/aromatic N) is 4. The molecule has 3 rings (SSSR count). The van der Waals surface area contributed by atoms with E-state index in [1.165, 1.54) is 0 Å². The van der Waals surface area contributed by atoms with Crippen molar-refractivity contribution in [2.24, 2.45) is 12.8 Å². The molecule has 5 nitrogen and oxygen atoms in total. The van der Waals surface area contributed by atoms with E-state index >= 15 is 0 Å². The van der Waals surface area contributed by atoms with Crippen molar-refractivity contribution < 1.29 is 0 Å². The molecule has 3 aromatic rings. The van der Waals surface area contributed by atoms with Crippen molar-refractivity contribution in [2.45, 2.75) is 6.54 Å². The van der Waals surface area contributed by atoms with Crippen molar-refractivity contribution in [3.63, 3.8) is 0 Å². The lowest BCUT2D eigenvalue weighted by molar-refractivity contribution is 0.931. The van der Waals surface area contributed by atoms with Gasteiger partial charge in [-0.05, 0) is 12.1 Å². The zero-order valence-corrected chi connectivity index (χ0v) is 10.1. The maximum atomic E-state index is 5.56. The first kappa shape index (κ1) is 10.4. The van der Waals surface area contributed by atoms with E-state index in [0.29, 0.717) is 6.54 Å². The van der Waals surface area contributed by atoms with Crippen molar-refractivity contribution >= 4 is 22.5 Å². The van der Waals surface area contributed by atoms with Gasteiger partial charge in [0, 0.05) is 25.2 Å². The van der Waals surface area contributed by atoms with Crippen LogP contribution < -0.4 is 5.73 Å². The summed E-state index contributed by atoms with van der Waals surface area (Å²) in [4.78, 5) is 13.3. The van der Waals surface area contributed by atoms with Gasteiger partial charge in [0.05, 0.1) is 0 Å². The zero-order valence-electron chi connectivity index (χ0n) is 9.29. The highest BCUT2D eigenvalue weighted by Crippen LogP contribution is 2.23. The molecule has 0 aliphatic carbocycles. The number of aryl methyl sites for hydroxylation is 1. The number of fused-ring (bicyclic) bond motifs is 1. The molecule has 0 aliphatic rings. The molecule has 6 heteroatoms. The largest absolute Gasteiger partial charge is 0.325 e. The Labute approximate surface area is 102 Å². The maximum absolute atomic E-state index is 5.56. The predicted octanol–water partition coefficient (Wildman–Crippen LogP) is 1.55. The lowest BCUT2D eigenvalue weighted by Crippen LogP contribution is -1.97. The van der Waals surface area contributed by atoms with E-state index in [1.54, 1.807) is 17.5 Å². The predicted molar refractivity (Wildman–Crippen MR) is 67.5 cm³/mol. The third kappa shape index (κ3) is 1.62. The Hall–Kier alpha value is -1.79. The van der Waals surface area contributed by atoms with Crippen LogP contribution in [0.3, 0.4) is 0 Å². The summed E-state index contributed by atoms with van der Waals surface area (Å²) in [5.74, 6) is 0.828. The van der Waals surface area contributed by atoms with Crippen molar-refractivity contribution in [3.05, 3.63) is 28.7 Å². The standard InChI is InChI=1S/C11H11N5S/c1-16-10-7(3-2-4-13-10)15-11(16)8-6-17-9(5-12)14-8/h2-4,6H,5,12H2,1H3. The lowest BCUT2D eigenvalue weighted by Gasteiger charge is -1.97. The van der Waals surface area contributed by atoms with E-state index in [9.17, 15) is 0 Å². The van der Waals surface area contributed by atoms with Crippen LogP contribution in [0.15, 0.2) is 23.7 Å². The molecule has 0 unspecified atom stereocenters. The van der Waals surface area contributed by atoms with Gasteiger partial charge >= 0.3 is 0 Å². The van der Waals surface area contributed by atoms with Crippen molar-refractivity contribution in [1.82, 2.24) is 19.5 Å². The third-order valence-corrected chi connectivity index (χ3v) is 3.45. The number of aromatic nitrogens is 4. The quantitative estimate of drug-likeness (QED) is 0.743. The number of pyridine rings is 1. The second kappa shape index (κ2) is 3.90. The third-order valence-electron chi connectivity index (χ3n) is 2.58. The zero-order chi connectivity index (χ0) is 11.8. The highest BCUT2D eigenvalue weighted by molar-refractivity contribution is 7.09. The Morgan fingerprint density at radius 1 is 1.41 bits per heavy atom. The topological polar surface area (TPSA) is 69.6 Å². The van der Waals surface area contributed by atoms with E-state index in [4.69, 9.17) is 5.73 Å². The summed E-state index contributed by atoms with van der Waals surface area (Å²) in [5.41, 5.74) is 8.17. The maximum Gasteiger partial charge on any atom is 0.161 e. The number of rotatable bonds is 2. The van der Waals surface area contributed by atoms with Crippen LogP contribution in [0.2, 0.25) is 0 Å². The molecule has 17 heavy (non-hydrogen) atoms. The first-order chi connectivity index (χ1) is 8.29. The van der Waals surface area contributed by atoms with Crippen LogP contribution in [0, 0.1) is 0 Å². The molecule has 0 amide bonds. The van der Waals surface area contributed by atoms with Crippen LogP contribution in [0.5, 0.6) is 0 Å². The van der Waals surface area contributed by atoms with Crippen LogP contribution in [0.4, 0.5) is 0 Å². The molecule has 0 saturated carbocycles. The Bertz CT molecular complexity index is 669. The van der Waals surface area contributed by atoms with E-state index in [1.807, 2.05) is 29.1 Å². The van der Waals surface area contributed by atoms with Crippen LogP contribution in [-0.2, 0) is 13.6 Å². The Balaban J connectivity index is 2.20. The van der Waals surface area contributed by atoms with Gasteiger partial charge in [0.15, 0.2) is 11.5 Å². The summed E-state index contributed by atoms with van der Waals surface area (Å²) in [6.07, 6.45) is 1.76. The molecule has 3 heterocycles. The molecule has 0 aromatic carbocycles. The molecule has 0 fully saturated rings. The number of thiazole rings is 1. The first-order valence-electron chi connectivity index (χ1n) is 5.22. The summed E-state index contributed by atoms with van der Waals surface area (Å²) >= 11 is 1.55. The number of imidazole rings is 1. The average Bonchev–Trinajstić information content (AvgIpc) is 2.95. The van der Waals surface area contributed by atoms with Crippen LogP contribution in [-0.4, -0.2) is 19.5 Å². The molecule has 0 spiro atoms. The van der Waals surface area contributed by atoms with Crippen molar-refractivity contribution in [2.75, 3.05) is 0 Å². The van der Waals surface area contributed by atoms with E-state index in [2.05, 4.69) is 15.0 Å². The van der Waals surface area contributed by atoms with E-state index in [-0.39, 0.29) is 0 Å². The minimum atomic E-state index is 0.465. The van der Waals surface area contributed by atoms with Gasteiger partial charge in [-0.3, -0.25) is 0 Å². The van der Waals surface area contributed by atoms with Gasteiger partial charge in [0.25, 0.3) is 0 Å². The van der Waals surface area contributed by atoms with E-state index < -0.39 is 0 Å². The number of hydrogen-bond donors (Lipinski definition) is 1. The Kier molecular flexibility index (Phi) is 2.38. The minimum absolute atomic E-state index is 0.465. The number of nitrogens with two attached hydrogens (primary N) is 1. The molecule has 0 atom stereocenters. The summed E-state index contributed by atoms with van der Waals surface area (Å²) in [6, 6.07) is 3.83. The molecular weight excluding hydrogens is 234 g/mol. The smallest absolute Gasteiger partial charge is 0.161 e. The SMILES string of the molecule is Cn1c(-c2csc(CN)n2)nc2cccnc21. The van der Waals surface area contributed by atoms with E-state index in [0.717, 1.165) is 27.7 Å². The second-order valence-corrected chi connectivity index (χ2v) is 4.61. The molecule has 0 aliphatic heterocycles. The van der Waals surface area contributed by atoms with Gasteiger partial charge in [-0.15, -0.1) is 11.3 Å². The fourth-order valence-electron chi connectivity index (χ4n) is 1.76. The van der Waals surface area contributed by atoms with Gasteiger partial charge in [-0.25, -0.2) is 15.0 Å². The first-order valence-corrected chi connectivity index (χ1v) is 6.10. The fourth-order valence-corrected chi connectivity index (χ4v) is 2.41. The van der Waals surface area contributed by atoms with Gasteiger partial charge in [-0.2, -0.15) is 0 Å². The molecule has 86 valence electrons. The summed E-state index contributed by atoms with van der Waals surface area (Å²) in [7, 11) is 1.94. The summed E-state index contributed by atoms with van der Waals surface area (Å²) in [6.45, 7) is 0.465. The highest BCUT2D eigenvalue weighted by atomic mass is 32.1. The molecule has 0 radical (unpaired) electrons. The van der Waals surface area contributed by atoms with Gasteiger partial charge in [0.1, 0.15) is 16.2 Å². The lowest BCUT2D eigenvalue weighted by atomic mass is 10.4. The highest BCUT2D eigenvalue weighted by Gasteiger charge is 2.12. The van der Waals surface area contributed by atoms with Crippen LogP contribution >= 0.6 is 11.3 Å². The monoisotopic (exact) mass is 245 g/mol. The normalized spacial score (nSPS) is 11.2. The molecular formula is C11H11N5S. The summed E-state index contributed by atoms with van der Waals surface area (Å²) in [5, 5.41) is 2.89. The Morgan fingerprint density at radius 3 is 3.00 bits per heavy atom. The average molecular weight is 245 g/mol. The van der Waals surface area contributed by atoms with Gasteiger partial charge in [-0.1, -0.05) is 0 Å². The second-order valence-electron chi connectivity index (χ2n) is 3.67. The van der Waals surface area contributed by atoms with Crippen molar-refractivity contribution in [3.8, 4) is 11.5 Å². The van der Waals surface area contributed by atoms with Crippen molar-refractivity contribution in [1.29, 1.82) is 0 Å². The van der Waals surface area contributed by atoms with Gasteiger partial charge in [0.2, 0.25) is 0 Å². The molecule has 0 bridgehead atoms. The molecule has 3 aromatic heterocycles. The van der Waals surface area contributed by atoms with Gasteiger partial charge < -0.3 is 10.3 Å². The summed E-state index contributed by atoms with van der Waals surface area (Å²) < 4.78 is 1.95. The molecule has 0 saturated heterocycles. The number of hydrogen-bond acceptors (Lipinski definition) is 5. The molecule has 2 N–H and O–H groups in total. The Morgan fingerprint density at radius 2 is 2.29 bits per heavy atom. The minimum Gasteiger partial charge on any atom is -0.325 e. The fraction of sp³-hybridized carbons (Fsp3) is 0.182.